The Labute approximate surface area is 93.5 Å². The largest absolute Gasteiger partial charge is 0.476 e. The zero-order chi connectivity index (χ0) is 12.1. The van der Waals surface area contributed by atoms with Crippen LogP contribution in [0.1, 0.15) is 16.2 Å². The van der Waals surface area contributed by atoms with Crippen LogP contribution in [0.3, 0.4) is 0 Å². The molecule has 0 spiro atoms. The van der Waals surface area contributed by atoms with Gasteiger partial charge < -0.3 is 5.11 Å². The van der Waals surface area contributed by atoms with Gasteiger partial charge in [-0.2, -0.15) is 0 Å². The molecule has 0 unspecified atom stereocenters. The van der Waals surface area contributed by atoms with Gasteiger partial charge in [0.2, 0.25) is 0 Å². The molecule has 0 aliphatic carbocycles. The van der Waals surface area contributed by atoms with Crippen LogP contribution in [0.5, 0.6) is 0 Å². The summed E-state index contributed by atoms with van der Waals surface area (Å²) in [5, 5.41) is 10.2. The van der Waals surface area contributed by atoms with Gasteiger partial charge in [-0.05, 0) is 25.1 Å². The lowest BCUT2D eigenvalue weighted by atomic mass is 10.2. The van der Waals surface area contributed by atoms with Gasteiger partial charge in [0, 0.05) is 11.9 Å². The Morgan fingerprint density at radius 3 is 2.88 bits per heavy atom. The van der Waals surface area contributed by atoms with E-state index in [1.165, 1.54) is 11.2 Å². The van der Waals surface area contributed by atoms with Crippen LogP contribution in [0.15, 0.2) is 37.1 Å². The number of rotatable bonds is 4. The van der Waals surface area contributed by atoms with Crippen LogP contribution in [0.4, 0.5) is 5.69 Å². The van der Waals surface area contributed by atoms with Crippen molar-refractivity contribution in [2.24, 2.45) is 5.84 Å². The average Bonchev–Trinajstić information content (AvgIpc) is 2.25. The van der Waals surface area contributed by atoms with Crippen molar-refractivity contribution in [3.05, 3.63) is 48.5 Å². The number of hydrazine groups is 1. The Kier molecular flexibility index (Phi) is 3.79. The molecule has 0 aliphatic rings. The first kappa shape index (κ1) is 11.9. The van der Waals surface area contributed by atoms with Crippen molar-refractivity contribution in [2.45, 2.75) is 6.92 Å². The molecule has 0 atom stereocenters. The van der Waals surface area contributed by atoms with Gasteiger partial charge in [-0.15, -0.1) is 0 Å². The lowest BCUT2D eigenvalue weighted by molar-refractivity contribution is 0.0691. The van der Waals surface area contributed by atoms with Crippen LogP contribution < -0.4 is 10.9 Å². The topological polar surface area (TPSA) is 79.5 Å². The summed E-state index contributed by atoms with van der Waals surface area (Å²) >= 11 is 0. The number of pyridine rings is 1. The number of aryl methyl sites for hydroxylation is 1. The molecule has 0 aliphatic heterocycles. The van der Waals surface area contributed by atoms with Gasteiger partial charge in [0.05, 0.1) is 5.69 Å². The van der Waals surface area contributed by atoms with E-state index >= 15 is 0 Å². The number of allylic oxidation sites excluding steroid dienone is 2. The van der Waals surface area contributed by atoms with Gasteiger partial charge in [0.25, 0.3) is 0 Å². The normalized spacial score (nSPS) is 10.4. The molecule has 0 amide bonds. The number of carbonyl (C=O) groups is 1. The van der Waals surface area contributed by atoms with Gasteiger partial charge in [0.15, 0.2) is 5.69 Å². The molecule has 1 heterocycles. The predicted molar refractivity (Wildman–Crippen MR) is 61.9 cm³/mol. The predicted octanol–water partition coefficient (Wildman–Crippen LogP) is 1.47. The van der Waals surface area contributed by atoms with Crippen molar-refractivity contribution in [3.63, 3.8) is 0 Å². The molecule has 1 aromatic rings. The second kappa shape index (κ2) is 5.09. The van der Waals surface area contributed by atoms with E-state index in [1.807, 2.05) is 0 Å². The lowest BCUT2D eigenvalue weighted by Crippen LogP contribution is -2.26. The second-order valence-corrected chi connectivity index (χ2v) is 3.11. The van der Waals surface area contributed by atoms with E-state index in [9.17, 15) is 4.79 Å². The van der Waals surface area contributed by atoms with E-state index in [2.05, 4.69) is 11.6 Å². The van der Waals surface area contributed by atoms with Crippen LogP contribution in [0, 0.1) is 6.92 Å². The zero-order valence-corrected chi connectivity index (χ0v) is 8.92. The molecule has 0 fully saturated rings. The van der Waals surface area contributed by atoms with Crippen molar-refractivity contribution in [2.75, 3.05) is 5.01 Å². The Balaban J connectivity index is 3.16. The van der Waals surface area contributed by atoms with Crippen LogP contribution in [0.25, 0.3) is 0 Å². The highest BCUT2D eigenvalue weighted by Gasteiger charge is 2.14. The fourth-order valence-corrected chi connectivity index (χ4v) is 1.15. The minimum atomic E-state index is -1.11. The van der Waals surface area contributed by atoms with Crippen molar-refractivity contribution in [3.8, 4) is 0 Å². The molecular weight excluding hydrogens is 206 g/mol. The maximum absolute atomic E-state index is 11.0. The van der Waals surface area contributed by atoms with Crippen molar-refractivity contribution in [1.82, 2.24) is 4.98 Å². The SMILES string of the molecule is C=C/C=C\N(N)c1ccc(C)nc1C(=O)O. The molecule has 0 saturated carbocycles. The third-order valence-corrected chi connectivity index (χ3v) is 1.88. The van der Waals surface area contributed by atoms with Gasteiger partial charge in [0.1, 0.15) is 0 Å². The lowest BCUT2D eigenvalue weighted by Gasteiger charge is -2.15. The maximum atomic E-state index is 11.0. The second-order valence-electron chi connectivity index (χ2n) is 3.11. The van der Waals surface area contributed by atoms with Crippen LogP contribution >= 0.6 is 0 Å². The van der Waals surface area contributed by atoms with Gasteiger partial charge in [-0.3, -0.25) is 5.01 Å². The third-order valence-electron chi connectivity index (χ3n) is 1.88. The van der Waals surface area contributed by atoms with Crippen molar-refractivity contribution in [1.29, 1.82) is 0 Å². The number of hydrogen-bond acceptors (Lipinski definition) is 4. The number of aromatic carboxylic acids is 1. The summed E-state index contributed by atoms with van der Waals surface area (Å²) < 4.78 is 0. The number of hydrogen-bond donors (Lipinski definition) is 2. The molecule has 1 rings (SSSR count). The smallest absolute Gasteiger partial charge is 0.356 e. The van der Waals surface area contributed by atoms with E-state index < -0.39 is 5.97 Å². The number of carboxylic acids is 1. The van der Waals surface area contributed by atoms with E-state index in [1.54, 1.807) is 31.2 Å². The van der Waals surface area contributed by atoms with E-state index in [-0.39, 0.29) is 5.69 Å². The summed E-state index contributed by atoms with van der Waals surface area (Å²) in [6.45, 7) is 5.22. The van der Waals surface area contributed by atoms with E-state index in [0.717, 1.165) is 0 Å². The monoisotopic (exact) mass is 219 g/mol. The van der Waals surface area contributed by atoms with Gasteiger partial charge >= 0.3 is 5.97 Å². The zero-order valence-electron chi connectivity index (χ0n) is 8.92. The Morgan fingerprint density at radius 2 is 2.31 bits per heavy atom. The highest BCUT2D eigenvalue weighted by molar-refractivity contribution is 5.92. The summed E-state index contributed by atoms with van der Waals surface area (Å²) in [5.74, 6) is 4.56. The first-order valence-electron chi connectivity index (χ1n) is 4.60. The highest BCUT2D eigenvalue weighted by atomic mass is 16.4. The molecule has 0 radical (unpaired) electrons. The first-order chi connectivity index (χ1) is 7.56. The molecular formula is C11H13N3O2. The Bertz CT molecular complexity index is 441. The fraction of sp³-hybridized carbons (Fsp3) is 0.0909. The Hall–Kier alpha value is -2.14. The number of aromatic nitrogens is 1. The molecule has 0 aromatic carbocycles. The minimum Gasteiger partial charge on any atom is -0.476 e. The summed E-state index contributed by atoms with van der Waals surface area (Å²) in [5.41, 5.74) is 0.884. The van der Waals surface area contributed by atoms with E-state index in [4.69, 9.17) is 10.9 Å². The highest BCUT2D eigenvalue weighted by Crippen LogP contribution is 2.17. The number of carboxylic acid groups (broad SMARTS) is 1. The summed E-state index contributed by atoms with van der Waals surface area (Å²) in [6, 6.07) is 3.31. The Morgan fingerprint density at radius 1 is 1.62 bits per heavy atom. The van der Waals surface area contributed by atoms with Crippen LogP contribution in [-0.2, 0) is 0 Å². The number of nitrogens with two attached hydrogens (primary N) is 1. The van der Waals surface area contributed by atoms with Crippen molar-refractivity contribution >= 4 is 11.7 Å². The summed E-state index contributed by atoms with van der Waals surface area (Å²) in [4.78, 5) is 14.9. The van der Waals surface area contributed by atoms with Crippen LogP contribution in [0.2, 0.25) is 0 Å². The molecule has 0 saturated heterocycles. The van der Waals surface area contributed by atoms with E-state index in [0.29, 0.717) is 11.4 Å². The van der Waals surface area contributed by atoms with Crippen molar-refractivity contribution < 1.29 is 9.90 Å². The molecule has 0 bridgehead atoms. The first-order valence-corrected chi connectivity index (χ1v) is 4.60. The quantitative estimate of drug-likeness (QED) is 0.455. The maximum Gasteiger partial charge on any atom is 0.356 e. The van der Waals surface area contributed by atoms with Crippen LogP contribution in [-0.4, -0.2) is 16.1 Å². The summed E-state index contributed by atoms with van der Waals surface area (Å²) in [7, 11) is 0. The molecule has 16 heavy (non-hydrogen) atoms. The molecule has 84 valence electrons. The van der Waals surface area contributed by atoms with Gasteiger partial charge in [-0.1, -0.05) is 12.7 Å². The third kappa shape index (κ3) is 2.68. The number of anilines is 1. The number of nitrogens with zero attached hydrogens (tertiary/aromatic N) is 2. The fourth-order valence-electron chi connectivity index (χ4n) is 1.15. The molecule has 5 heteroatoms. The minimum absolute atomic E-state index is 0.0730. The summed E-state index contributed by atoms with van der Waals surface area (Å²) in [6.07, 6.45) is 4.65. The molecule has 5 nitrogen and oxygen atoms in total. The molecule has 1 aromatic heterocycles. The standard InChI is InChI=1S/C11H13N3O2/c1-3-4-7-14(12)9-6-5-8(2)13-10(9)11(15)16/h3-7H,1,12H2,2H3,(H,15,16)/b7-4-. The molecule has 3 N–H and O–H groups in total. The van der Waals surface area contributed by atoms with Gasteiger partial charge in [-0.25, -0.2) is 15.6 Å². The average molecular weight is 219 g/mol.